The van der Waals surface area contributed by atoms with E-state index in [1.807, 2.05) is 36.4 Å². The van der Waals surface area contributed by atoms with Crippen LogP contribution in [0.3, 0.4) is 0 Å². The van der Waals surface area contributed by atoms with Crippen molar-refractivity contribution in [2.75, 3.05) is 19.8 Å². The van der Waals surface area contributed by atoms with Crippen LogP contribution in [0.5, 0.6) is 11.5 Å². The Kier molecular flexibility index (Phi) is 6.46. The normalized spacial score (nSPS) is 25.3. The Hall–Kier alpha value is -2.61. The van der Waals surface area contributed by atoms with E-state index in [0.29, 0.717) is 12.5 Å². The van der Waals surface area contributed by atoms with E-state index >= 15 is 0 Å². The largest absolute Gasteiger partial charge is 0.508 e. The van der Waals surface area contributed by atoms with E-state index < -0.39 is 6.04 Å². The molecule has 0 aliphatic carbocycles. The Labute approximate surface area is 183 Å². The van der Waals surface area contributed by atoms with E-state index in [1.165, 1.54) is 0 Å². The molecule has 4 unspecified atom stereocenters. The number of carbonyl (C=O) groups excluding carboxylic acids is 1. The van der Waals surface area contributed by atoms with Gasteiger partial charge in [-0.25, -0.2) is 10.9 Å². The molecule has 1 amide bonds. The third-order valence-corrected chi connectivity index (χ3v) is 6.19. The first-order valence-electron chi connectivity index (χ1n) is 10.9. The molecule has 2 heterocycles. The van der Waals surface area contributed by atoms with E-state index in [4.69, 9.17) is 4.74 Å². The molecule has 2 saturated heterocycles. The van der Waals surface area contributed by atoms with Crippen molar-refractivity contribution >= 4 is 5.91 Å². The number of aliphatic hydroxyl groups excluding tert-OH is 1. The summed E-state index contributed by atoms with van der Waals surface area (Å²) >= 11 is 0. The van der Waals surface area contributed by atoms with Gasteiger partial charge in [-0.15, -0.1) is 0 Å². The number of β-amino-alcohol motifs (C(OH)–C–C–N with tert-alkyl or cyclic N) is 1. The van der Waals surface area contributed by atoms with Crippen molar-refractivity contribution in [2.24, 2.45) is 11.8 Å². The second kappa shape index (κ2) is 9.26. The lowest BCUT2D eigenvalue weighted by Crippen LogP contribution is -2.42. The molecule has 0 bridgehead atoms. The van der Waals surface area contributed by atoms with Crippen LogP contribution in [-0.4, -0.2) is 46.8 Å². The molecule has 2 fully saturated rings. The second-order valence-corrected chi connectivity index (χ2v) is 8.68. The molecule has 2 aliphatic heterocycles. The predicted octanol–water partition coefficient (Wildman–Crippen LogP) is 2.53. The predicted molar refractivity (Wildman–Crippen MR) is 117 cm³/mol. The maximum absolute atomic E-state index is 13.2. The zero-order chi connectivity index (χ0) is 22.0. The molecule has 0 aromatic heterocycles. The number of carbonyl (C=O) groups is 1. The number of nitrogens with zero attached hydrogens (tertiary/aromatic N) is 1. The summed E-state index contributed by atoms with van der Waals surface area (Å²) in [5, 5.41) is 20.1. The van der Waals surface area contributed by atoms with Gasteiger partial charge in [0.05, 0.1) is 25.3 Å². The molecule has 4 N–H and O–H groups in total. The van der Waals surface area contributed by atoms with Crippen molar-refractivity contribution in [1.29, 1.82) is 0 Å². The van der Waals surface area contributed by atoms with Crippen LogP contribution in [0.2, 0.25) is 0 Å². The number of likely N-dealkylation sites (tertiary alicyclic amines) is 1. The maximum Gasteiger partial charge on any atom is 0.242 e. The lowest BCUT2D eigenvalue weighted by Gasteiger charge is -2.31. The molecule has 2 aromatic rings. The van der Waals surface area contributed by atoms with E-state index in [2.05, 4.69) is 24.7 Å². The topological polar surface area (TPSA) is 94.1 Å². The number of hydrazine groups is 1. The van der Waals surface area contributed by atoms with Crippen molar-refractivity contribution in [2.45, 2.75) is 38.4 Å². The highest BCUT2D eigenvalue weighted by Gasteiger charge is 2.55. The van der Waals surface area contributed by atoms with Crippen LogP contribution in [0.25, 0.3) is 0 Å². The van der Waals surface area contributed by atoms with Crippen LogP contribution in [0.15, 0.2) is 48.5 Å². The number of hydrogen-bond donors (Lipinski definition) is 4. The number of benzene rings is 2. The van der Waals surface area contributed by atoms with Gasteiger partial charge in [0.25, 0.3) is 0 Å². The summed E-state index contributed by atoms with van der Waals surface area (Å²) in [5.41, 5.74) is 8.05. The summed E-state index contributed by atoms with van der Waals surface area (Å²) in [6, 6.07) is 14.1. The second-order valence-electron chi connectivity index (χ2n) is 8.68. The van der Waals surface area contributed by atoms with E-state index in [-0.39, 0.29) is 42.8 Å². The van der Waals surface area contributed by atoms with Crippen LogP contribution in [0, 0.1) is 11.8 Å². The number of phenolic OH excluding ortho intramolecular Hbond substituents is 1. The lowest BCUT2D eigenvalue weighted by molar-refractivity contribution is -0.131. The van der Waals surface area contributed by atoms with Crippen molar-refractivity contribution in [3.63, 3.8) is 0 Å². The smallest absolute Gasteiger partial charge is 0.242 e. The highest BCUT2D eigenvalue weighted by Crippen LogP contribution is 2.48. The number of rotatable bonds is 8. The summed E-state index contributed by atoms with van der Waals surface area (Å²) in [4.78, 5) is 14.9. The lowest BCUT2D eigenvalue weighted by atomic mass is 9.83. The fourth-order valence-corrected chi connectivity index (χ4v) is 4.67. The number of aromatic hydroxyl groups is 1. The van der Waals surface area contributed by atoms with Gasteiger partial charge < -0.3 is 19.8 Å². The average molecular weight is 426 g/mol. The monoisotopic (exact) mass is 425 g/mol. The first kappa shape index (κ1) is 21.6. The standard InChI is InChI=1S/C24H31N3O4/c1-15(2)10-13-31-17-7-5-6-16(14-17)23-20-21(18-8-3-4-9-19(18)29)25-26-22(20)24(30)27(23)11-12-28/h3-9,14-15,20-23,25-26,28-29H,10-13H2,1-2H3. The number of phenols is 1. The highest BCUT2D eigenvalue weighted by molar-refractivity contribution is 5.86. The molecule has 4 rings (SSSR count). The van der Waals surface area contributed by atoms with Gasteiger partial charge in [-0.1, -0.05) is 44.2 Å². The summed E-state index contributed by atoms with van der Waals surface area (Å²) < 4.78 is 5.96. The molecule has 2 aliphatic rings. The molecule has 7 heteroatoms. The van der Waals surface area contributed by atoms with Crippen LogP contribution in [-0.2, 0) is 4.79 Å². The molecule has 0 saturated carbocycles. The van der Waals surface area contributed by atoms with Gasteiger partial charge in [-0.05, 0) is 36.1 Å². The minimum absolute atomic E-state index is 0.0550. The summed E-state index contributed by atoms with van der Waals surface area (Å²) in [5.74, 6) is 1.32. The number of para-hydroxylation sites is 1. The first-order valence-corrected chi connectivity index (χ1v) is 10.9. The van der Waals surface area contributed by atoms with Gasteiger partial charge in [0.2, 0.25) is 5.91 Å². The Morgan fingerprint density at radius 2 is 1.87 bits per heavy atom. The van der Waals surface area contributed by atoms with Crippen molar-refractivity contribution in [3.05, 3.63) is 59.7 Å². The Morgan fingerprint density at radius 1 is 1.10 bits per heavy atom. The summed E-state index contributed by atoms with van der Waals surface area (Å²) in [7, 11) is 0. The fourth-order valence-electron chi connectivity index (χ4n) is 4.67. The number of fused-ring (bicyclic) bond motifs is 1. The molecular formula is C24H31N3O4. The Morgan fingerprint density at radius 3 is 2.61 bits per heavy atom. The number of amides is 1. The van der Waals surface area contributed by atoms with Gasteiger partial charge in [-0.2, -0.15) is 0 Å². The molecule has 7 nitrogen and oxygen atoms in total. The molecule has 166 valence electrons. The molecule has 0 radical (unpaired) electrons. The Balaban J connectivity index is 1.67. The van der Waals surface area contributed by atoms with Gasteiger partial charge in [-0.3, -0.25) is 4.79 Å². The van der Waals surface area contributed by atoms with E-state index in [1.54, 1.807) is 17.0 Å². The van der Waals surface area contributed by atoms with E-state index in [0.717, 1.165) is 23.3 Å². The third-order valence-electron chi connectivity index (χ3n) is 6.19. The molecular weight excluding hydrogens is 394 g/mol. The highest BCUT2D eigenvalue weighted by atomic mass is 16.5. The number of ether oxygens (including phenoxy) is 1. The number of nitrogens with one attached hydrogen (secondary N) is 2. The van der Waals surface area contributed by atoms with Gasteiger partial charge in [0.15, 0.2) is 0 Å². The molecule has 31 heavy (non-hydrogen) atoms. The maximum atomic E-state index is 13.2. The minimum atomic E-state index is -0.438. The van der Waals surface area contributed by atoms with Crippen molar-refractivity contribution in [3.8, 4) is 11.5 Å². The van der Waals surface area contributed by atoms with Gasteiger partial charge in [0.1, 0.15) is 17.5 Å². The summed E-state index contributed by atoms with van der Waals surface area (Å²) in [6.45, 7) is 5.11. The zero-order valence-electron chi connectivity index (χ0n) is 18.0. The number of hydrogen-bond acceptors (Lipinski definition) is 6. The van der Waals surface area contributed by atoms with Gasteiger partial charge in [0, 0.05) is 18.0 Å². The van der Waals surface area contributed by atoms with Crippen LogP contribution in [0.1, 0.15) is 43.5 Å². The SMILES string of the molecule is CC(C)CCOc1cccc(C2C3C(NNC3c3ccccc3O)C(=O)N2CCO)c1. The third kappa shape index (κ3) is 4.26. The van der Waals surface area contributed by atoms with Crippen LogP contribution >= 0.6 is 0 Å². The fraction of sp³-hybridized carbons (Fsp3) is 0.458. The van der Waals surface area contributed by atoms with Crippen molar-refractivity contribution in [1.82, 2.24) is 15.8 Å². The molecule has 4 atom stereocenters. The first-order chi connectivity index (χ1) is 15.0. The molecule has 0 spiro atoms. The van der Waals surface area contributed by atoms with Crippen LogP contribution < -0.4 is 15.6 Å². The van der Waals surface area contributed by atoms with E-state index in [9.17, 15) is 15.0 Å². The minimum Gasteiger partial charge on any atom is -0.508 e. The van der Waals surface area contributed by atoms with Gasteiger partial charge >= 0.3 is 0 Å². The average Bonchev–Trinajstić information content (AvgIpc) is 3.28. The quantitative estimate of drug-likeness (QED) is 0.519. The van der Waals surface area contributed by atoms with Crippen molar-refractivity contribution < 1.29 is 19.7 Å². The Bertz CT molecular complexity index is 919. The zero-order valence-corrected chi connectivity index (χ0v) is 18.0. The van der Waals surface area contributed by atoms with Crippen LogP contribution in [0.4, 0.5) is 0 Å². The number of aliphatic hydroxyl groups is 1. The summed E-state index contributed by atoms with van der Waals surface area (Å²) in [6.07, 6.45) is 0.969. The molecule has 2 aromatic carbocycles.